The molecule has 0 bridgehead atoms. The van der Waals surface area contributed by atoms with Crippen LogP contribution in [0.25, 0.3) is 0 Å². The summed E-state index contributed by atoms with van der Waals surface area (Å²) in [7, 11) is 0. The normalized spacial score (nSPS) is 18.8. The van der Waals surface area contributed by atoms with Gasteiger partial charge in [-0.3, -0.25) is 14.4 Å². The topological polar surface area (TPSA) is 51.2 Å². The van der Waals surface area contributed by atoms with Gasteiger partial charge in [0.05, 0.1) is 0 Å². The molecule has 2 rings (SSSR count). The van der Waals surface area contributed by atoms with Gasteiger partial charge in [0.25, 0.3) is 0 Å². The van der Waals surface area contributed by atoms with Crippen LogP contribution in [0.4, 0.5) is 0 Å². The molecule has 0 N–H and O–H groups in total. The first-order valence-corrected chi connectivity index (χ1v) is 6.14. The molecule has 3 heteroatoms. The van der Waals surface area contributed by atoms with Crippen molar-refractivity contribution in [1.82, 2.24) is 0 Å². The Morgan fingerprint density at radius 2 is 1.56 bits per heavy atom. The molecule has 0 amide bonds. The van der Waals surface area contributed by atoms with E-state index in [9.17, 15) is 14.4 Å². The summed E-state index contributed by atoms with van der Waals surface area (Å²) in [4.78, 5) is 36.4. The van der Waals surface area contributed by atoms with Gasteiger partial charge in [-0.15, -0.1) is 0 Å². The van der Waals surface area contributed by atoms with Gasteiger partial charge in [-0.1, -0.05) is 29.8 Å². The van der Waals surface area contributed by atoms with Crippen LogP contribution in [0, 0.1) is 6.92 Å². The highest BCUT2D eigenvalue weighted by Crippen LogP contribution is 2.35. The van der Waals surface area contributed by atoms with Crippen molar-refractivity contribution >= 4 is 17.3 Å². The van der Waals surface area contributed by atoms with Crippen molar-refractivity contribution in [3.63, 3.8) is 0 Å². The lowest BCUT2D eigenvalue weighted by molar-refractivity contribution is -0.144. The fraction of sp³-hybridized carbons (Fsp3) is 0.400. The molecular weight excluding hydrogens is 228 g/mol. The fourth-order valence-corrected chi connectivity index (χ4v) is 2.66. The predicted molar refractivity (Wildman–Crippen MR) is 67.4 cm³/mol. The van der Waals surface area contributed by atoms with Gasteiger partial charge in [-0.2, -0.15) is 0 Å². The number of ketones is 3. The van der Waals surface area contributed by atoms with Gasteiger partial charge in [0.15, 0.2) is 22.8 Å². The van der Waals surface area contributed by atoms with Crippen molar-refractivity contribution in [2.75, 3.05) is 0 Å². The van der Waals surface area contributed by atoms with Gasteiger partial charge in [-0.05, 0) is 25.8 Å². The van der Waals surface area contributed by atoms with E-state index in [2.05, 4.69) is 0 Å². The van der Waals surface area contributed by atoms with E-state index in [0.29, 0.717) is 24.8 Å². The maximum atomic E-state index is 12.2. The Balaban J connectivity index is 2.62. The summed E-state index contributed by atoms with van der Waals surface area (Å²) in [6, 6.07) is 7.10. The number of rotatable bonds is 2. The van der Waals surface area contributed by atoms with E-state index < -0.39 is 5.41 Å². The van der Waals surface area contributed by atoms with Crippen LogP contribution in [0.3, 0.4) is 0 Å². The highest BCUT2D eigenvalue weighted by atomic mass is 16.2. The minimum Gasteiger partial charge on any atom is -0.298 e. The highest BCUT2D eigenvalue weighted by Gasteiger charge is 2.52. The monoisotopic (exact) mass is 244 g/mol. The minimum atomic E-state index is -1.54. The van der Waals surface area contributed by atoms with E-state index in [4.69, 9.17) is 0 Å². The molecule has 0 aliphatic heterocycles. The lowest BCUT2D eigenvalue weighted by Gasteiger charge is -2.32. The Morgan fingerprint density at radius 1 is 1.06 bits per heavy atom. The molecule has 0 spiro atoms. The van der Waals surface area contributed by atoms with E-state index in [1.165, 1.54) is 6.92 Å². The van der Waals surface area contributed by atoms with Gasteiger partial charge in [0.2, 0.25) is 0 Å². The van der Waals surface area contributed by atoms with E-state index in [1.807, 2.05) is 19.1 Å². The molecule has 1 aliphatic carbocycles. The zero-order chi connectivity index (χ0) is 13.3. The van der Waals surface area contributed by atoms with Gasteiger partial charge in [0, 0.05) is 12.8 Å². The lowest BCUT2D eigenvalue weighted by atomic mass is 9.65. The SMILES string of the molecule is CC(=O)C1(c2ccc(C)cc2)C(=O)CCCC1=O. The molecule has 1 aromatic carbocycles. The number of hydrogen-bond donors (Lipinski definition) is 0. The van der Waals surface area contributed by atoms with E-state index in [1.54, 1.807) is 12.1 Å². The van der Waals surface area contributed by atoms with Crippen molar-refractivity contribution in [3.8, 4) is 0 Å². The summed E-state index contributed by atoms with van der Waals surface area (Å²) < 4.78 is 0. The van der Waals surface area contributed by atoms with Crippen LogP contribution < -0.4 is 0 Å². The maximum Gasteiger partial charge on any atom is 0.170 e. The van der Waals surface area contributed by atoms with E-state index in [0.717, 1.165) is 5.56 Å². The molecular formula is C15H16O3. The number of carbonyl (C=O) groups is 3. The first-order valence-electron chi connectivity index (χ1n) is 6.14. The van der Waals surface area contributed by atoms with Crippen LogP contribution in [-0.2, 0) is 19.8 Å². The van der Waals surface area contributed by atoms with Gasteiger partial charge < -0.3 is 0 Å². The number of carbonyl (C=O) groups excluding carboxylic acids is 3. The molecule has 1 aliphatic rings. The second-order valence-corrected chi connectivity index (χ2v) is 4.87. The molecule has 3 nitrogen and oxygen atoms in total. The van der Waals surface area contributed by atoms with Gasteiger partial charge in [0.1, 0.15) is 0 Å². The third kappa shape index (κ3) is 1.70. The van der Waals surface area contributed by atoms with E-state index in [-0.39, 0.29) is 17.3 Å². The molecule has 0 aromatic heterocycles. The summed E-state index contributed by atoms with van der Waals surface area (Å²) in [6.07, 6.45) is 1.16. The zero-order valence-corrected chi connectivity index (χ0v) is 10.7. The molecule has 94 valence electrons. The Labute approximate surface area is 106 Å². The smallest absolute Gasteiger partial charge is 0.170 e. The molecule has 1 saturated carbocycles. The minimum absolute atomic E-state index is 0.255. The van der Waals surface area contributed by atoms with Crippen LogP contribution in [0.5, 0.6) is 0 Å². The van der Waals surface area contributed by atoms with Crippen molar-refractivity contribution in [2.24, 2.45) is 0 Å². The first kappa shape index (κ1) is 12.7. The summed E-state index contributed by atoms with van der Waals surface area (Å²) in [5, 5.41) is 0. The Kier molecular flexibility index (Phi) is 3.16. The molecule has 0 saturated heterocycles. The third-order valence-electron chi connectivity index (χ3n) is 3.66. The Bertz CT molecular complexity index is 495. The summed E-state index contributed by atoms with van der Waals surface area (Å²) in [6.45, 7) is 3.26. The van der Waals surface area contributed by atoms with Crippen molar-refractivity contribution in [1.29, 1.82) is 0 Å². The maximum absolute atomic E-state index is 12.2. The molecule has 0 radical (unpaired) electrons. The van der Waals surface area contributed by atoms with Crippen LogP contribution in [0.2, 0.25) is 0 Å². The quantitative estimate of drug-likeness (QED) is 0.749. The number of Topliss-reactive ketones (excluding diaryl/α,β-unsaturated/α-hetero) is 3. The molecule has 0 unspecified atom stereocenters. The van der Waals surface area contributed by atoms with Crippen molar-refractivity contribution in [3.05, 3.63) is 35.4 Å². The second kappa shape index (κ2) is 4.48. The molecule has 1 aromatic rings. The van der Waals surface area contributed by atoms with Crippen LogP contribution in [0.1, 0.15) is 37.3 Å². The van der Waals surface area contributed by atoms with Crippen LogP contribution >= 0.6 is 0 Å². The Hall–Kier alpha value is -1.77. The lowest BCUT2D eigenvalue weighted by Crippen LogP contribution is -2.51. The summed E-state index contributed by atoms with van der Waals surface area (Å²) in [5.41, 5.74) is 0.0230. The van der Waals surface area contributed by atoms with Gasteiger partial charge in [-0.25, -0.2) is 0 Å². The van der Waals surface area contributed by atoms with E-state index >= 15 is 0 Å². The first-order chi connectivity index (χ1) is 8.49. The van der Waals surface area contributed by atoms with Crippen LogP contribution in [0.15, 0.2) is 24.3 Å². The average molecular weight is 244 g/mol. The molecule has 0 heterocycles. The third-order valence-corrected chi connectivity index (χ3v) is 3.66. The van der Waals surface area contributed by atoms with Gasteiger partial charge >= 0.3 is 0 Å². The largest absolute Gasteiger partial charge is 0.298 e. The molecule has 1 fully saturated rings. The average Bonchev–Trinajstić information content (AvgIpc) is 2.31. The predicted octanol–water partition coefficient (Wildman–Crippen LogP) is 2.14. The zero-order valence-electron chi connectivity index (χ0n) is 10.7. The molecule has 0 atom stereocenters. The van der Waals surface area contributed by atoms with Crippen molar-refractivity contribution < 1.29 is 14.4 Å². The fourth-order valence-electron chi connectivity index (χ4n) is 2.66. The number of hydrogen-bond acceptors (Lipinski definition) is 3. The van der Waals surface area contributed by atoms with Crippen LogP contribution in [-0.4, -0.2) is 17.3 Å². The summed E-state index contributed by atoms with van der Waals surface area (Å²) in [5.74, 6) is -0.869. The number of aryl methyl sites for hydroxylation is 1. The second-order valence-electron chi connectivity index (χ2n) is 4.87. The highest BCUT2D eigenvalue weighted by molar-refractivity contribution is 6.30. The summed E-state index contributed by atoms with van der Waals surface area (Å²) >= 11 is 0. The Morgan fingerprint density at radius 3 is 2.00 bits per heavy atom. The number of benzene rings is 1. The molecule has 18 heavy (non-hydrogen) atoms. The van der Waals surface area contributed by atoms with Crippen molar-refractivity contribution in [2.45, 2.75) is 38.5 Å². The standard InChI is InChI=1S/C15H16O3/c1-10-6-8-12(9-7-10)15(11(2)16)13(17)4-3-5-14(15)18/h6-9H,3-5H2,1-2H3.